The Morgan fingerprint density at radius 1 is 1.00 bits per heavy atom. The predicted octanol–water partition coefficient (Wildman–Crippen LogP) is 3.06. The van der Waals surface area contributed by atoms with Gasteiger partial charge in [-0.2, -0.15) is 0 Å². The van der Waals surface area contributed by atoms with Gasteiger partial charge in [0.05, 0.1) is 14.2 Å². The summed E-state index contributed by atoms with van der Waals surface area (Å²) < 4.78 is 15.4. The van der Waals surface area contributed by atoms with Crippen LogP contribution in [-0.2, 0) is 0 Å². The van der Waals surface area contributed by atoms with E-state index in [-0.39, 0.29) is 5.56 Å². The van der Waals surface area contributed by atoms with Crippen LogP contribution < -0.4 is 20.4 Å². The summed E-state index contributed by atoms with van der Waals surface area (Å²) >= 11 is 0. The number of amides is 1. The van der Waals surface area contributed by atoms with E-state index >= 15 is 0 Å². The van der Waals surface area contributed by atoms with Gasteiger partial charge >= 0.3 is 5.63 Å². The standard InChI is InChI=1S/C18H15NO5/c1-22-13-5-3-4-12(10-13)19-17(20)15-9-11-8-14(23-2)6-7-16(11)24-18(15)21/h3-10H,1-2H3,(H,19,20). The van der Waals surface area contributed by atoms with Crippen molar-refractivity contribution >= 4 is 22.6 Å². The van der Waals surface area contributed by atoms with Crippen LogP contribution in [0.2, 0.25) is 0 Å². The van der Waals surface area contributed by atoms with Gasteiger partial charge in [0.15, 0.2) is 0 Å². The number of nitrogens with one attached hydrogen (secondary N) is 1. The normalized spacial score (nSPS) is 10.4. The number of hydrogen-bond donors (Lipinski definition) is 1. The number of carbonyl (C=O) groups excluding carboxylic acids is 1. The maximum absolute atomic E-state index is 12.4. The molecule has 1 N–H and O–H groups in total. The smallest absolute Gasteiger partial charge is 0.349 e. The fraction of sp³-hybridized carbons (Fsp3) is 0.111. The Kier molecular flexibility index (Phi) is 4.20. The minimum Gasteiger partial charge on any atom is -0.497 e. The highest BCUT2D eigenvalue weighted by Gasteiger charge is 2.14. The van der Waals surface area contributed by atoms with E-state index in [1.54, 1.807) is 42.5 Å². The van der Waals surface area contributed by atoms with Crippen LogP contribution in [0.1, 0.15) is 10.4 Å². The topological polar surface area (TPSA) is 77.8 Å². The second-order valence-corrected chi connectivity index (χ2v) is 5.04. The summed E-state index contributed by atoms with van der Waals surface area (Å²) in [5, 5.41) is 3.26. The lowest BCUT2D eigenvalue weighted by Gasteiger charge is -2.07. The third-order valence-corrected chi connectivity index (χ3v) is 3.51. The van der Waals surface area contributed by atoms with E-state index in [1.807, 2.05) is 0 Å². The highest BCUT2D eigenvalue weighted by molar-refractivity contribution is 6.05. The van der Waals surface area contributed by atoms with Gasteiger partial charge in [0, 0.05) is 17.1 Å². The molecule has 2 aromatic carbocycles. The predicted molar refractivity (Wildman–Crippen MR) is 90.0 cm³/mol. The van der Waals surface area contributed by atoms with E-state index < -0.39 is 11.5 Å². The number of benzene rings is 2. The van der Waals surface area contributed by atoms with Crippen LogP contribution in [0, 0.1) is 0 Å². The molecule has 6 nitrogen and oxygen atoms in total. The zero-order valence-electron chi connectivity index (χ0n) is 13.2. The first kappa shape index (κ1) is 15.6. The molecule has 1 amide bonds. The first-order valence-corrected chi connectivity index (χ1v) is 7.18. The number of anilines is 1. The number of ether oxygens (including phenoxy) is 2. The summed E-state index contributed by atoms with van der Waals surface area (Å²) in [5.41, 5.74) is 0.120. The van der Waals surface area contributed by atoms with Crippen LogP contribution in [0.4, 0.5) is 5.69 Å². The number of methoxy groups -OCH3 is 2. The summed E-state index contributed by atoms with van der Waals surface area (Å²) in [5.74, 6) is 0.653. The van der Waals surface area contributed by atoms with Crippen LogP contribution in [-0.4, -0.2) is 20.1 Å². The average molecular weight is 325 g/mol. The van der Waals surface area contributed by atoms with E-state index in [1.165, 1.54) is 20.3 Å². The molecule has 1 aromatic heterocycles. The Morgan fingerprint density at radius 2 is 1.75 bits per heavy atom. The molecule has 0 fully saturated rings. The Balaban J connectivity index is 1.96. The van der Waals surface area contributed by atoms with Crippen molar-refractivity contribution in [1.29, 1.82) is 0 Å². The van der Waals surface area contributed by atoms with Gasteiger partial charge < -0.3 is 19.2 Å². The third kappa shape index (κ3) is 3.08. The minimum atomic E-state index is -0.701. The van der Waals surface area contributed by atoms with Gasteiger partial charge in [-0.05, 0) is 36.4 Å². The van der Waals surface area contributed by atoms with Crippen molar-refractivity contribution in [1.82, 2.24) is 0 Å². The molecular weight excluding hydrogens is 310 g/mol. The van der Waals surface area contributed by atoms with Crippen molar-refractivity contribution in [3.63, 3.8) is 0 Å². The van der Waals surface area contributed by atoms with Gasteiger partial charge in [-0.1, -0.05) is 6.07 Å². The molecule has 24 heavy (non-hydrogen) atoms. The highest BCUT2D eigenvalue weighted by Crippen LogP contribution is 2.21. The van der Waals surface area contributed by atoms with E-state index in [4.69, 9.17) is 13.9 Å². The lowest BCUT2D eigenvalue weighted by atomic mass is 10.1. The van der Waals surface area contributed by atoms with Crippen molar-refractivity contribution < 1.29 is 18.7 Å². The lowest BCUT2D eigenvalue weighted by molar-refractivity contribution is 0.102. The molecule has 3 aromatic rings. The summed E-state index contributed by atoms with van der Waals surface area (Å²) in [6, 6.07) is 13.3. The summed E-state index contributed by atoms with van der Waals surface area (Å²) in [7, 11) is 3.07. The first-order valence-electron chi connectivity index (χ1n) is 7.18. The molecule has 1 heterocycles. The van der Waals surface area contributed by atoms with Crippen LogP contribution in [0.5, 0.6) is 11.5 Å². The molecule has 0 saturated heterocycles. The van der Waals surface area contributed by atoms with E-state index in [0.29, 0.717) is 28.2 Å². The zero-order chi connectivity index (χ0) is 17.1. The largest absolute Gasteiger partial charge is 0.497 e. The highest BCUT2D eigenvalue weighted by atomic mass is 16.5. The summed E-state index contributed by atoms with van der Waals surface area (Å²) in [4.78, 5) is 24.4. The van der Waals surface area contributed by atoms with Gasteiger partial charge in [0.25, 0.3) is 5.91 Å². The Labute approximate surface area is 137 Å². The Hall–Kier alpha value is -3.28. The van der Waals surface area contributed by atoms with Gasteiger partial charge in [0.1, 0.15) is 22.6 Å². The molecule has 0 aliphatic heterocycles. The molecule has 0 aliphatic rings. The van der Waals surface area contributed by atoms with Crippen LogP contribution >= 0.6 is 0 Å². The SMILES string of the molecule is COc1cccc(NC(=O)c2cc3cc(OC)ccc3oc2=O)c1. The fourth-order valence-corrected chi connectivity index (χ4v) is 2.29. The molecule has 0 unspecified atom stereocenters. The number of rotatable bonds is 4. The zero-order valence-corrected chi connectivity index (χ0v) is 13.2. The minimum absolute atomic E-state index is 0.0847. The number of hydrogen-bond acceptors (Lipinski definition) is 5. The Morgan fingerprint density at radius 3 is 2.50 bits per heavy atom. The molecule has 122 valence electrons. The third-order valence-electron chi connectivity index (χ3n) is 3.51. The number of fused-ring (bicyclic) bond motifs is 1. The second kappa shape index (κ2) is 6.45. The number of carbonyl (C=O) groups is 1. The molecule has 3 rings (SSSR count). The molecular formula is C18H15NO5. The van der Waals surface area contributed by atoms with Crippen molar-refractivity contribution in [2.45, 2.75) is 0 Å². The van der Waals surface area contributed by atoms with E-state index in [0.717, 1.165) is 0 Å². The Bertz CT molecular complexity index is 961. The molecule has 0 saturated carbocycles. The van der Waals surface area contributed by atoms with Crippen LogP contribution in [0.15, 0.2) is 57.7 Å². The van der Waals surface area contributed by atoms with Gasteiger partial charge in [-0.15, -0.1) is 0 Å². The van der Waals surface area contributed by atoms with E-state index in [9.17, 15) is 9.59 Å². The average Bonchev–Trinajstić information content (AvgIpc) is 2.60. The first-order chi connectivity index (χ1) is 11.6. The quantitative estimate of drug-likeness (QED) is 0.746. The lowest BCUT2D eigenvalue weighted by Crippen LogP contribution is -2.20. The molecule has 0 aliphatic carbocycles. The summed E-state index contributed by atoms with van der Waals surface area (Å²) in [6.45, 7) is 0. The molecule has 0 atom stereocenters. The van der Waals surface area contributed by atoms with E-state index in [2.05, 4.69) is 5.32 Å². The van der Waals surface area contributed by atoms with Crippen LogP contribution in [0.25, 0.3) is 11.0 Å². The maximum Gasteiger partial charge on any atom is 0.349 e. The van der Waals surface area contributed by atoms with Gasteiger partial charge in [0.2, 0.25) is 0 Å². The fourth-order valence-electron chi connectivity index (χ4n) is 2.29. The van der Waals surface area contributed by atoms with Crippen molar-refractivity contribution in [3.8, 4) is 11.5 Å². The van der Waals surface area contributed by atoms with Gasteiger partial charge in [-0.3, -0.25) is 4.79 Å². The van der Waals surface area contributed by atoms with Gasteiger partial charge in [-0.25, -0.2) is 4.79 Å². The maximum atomic E-state index is 12.4. The van der Waals surface area contributed by atoms with Crippen molar-refractivity contribution in [2.75, 3.05) is 19.5 Å². The van der Waals surface area contributed by atoms with Crippen molar-refractivity contribution in [3.05, 3.63) is 64.5 Å². The van der Waals surface area contributed by atoms with Crippen molar-refractivity contribution in [2.24, 2.45) is 0 Å². The molecule has 0 spiro atoms. The molecule has 0 bridgehead atoms. The molecule has 0 radical (unpaired) electrons. The molecule has 6 heteroatoms. The summed E-state index contributed by atoms with van der Waals surface area (Å²) in [6.07, 6.45) is 0. The van der Waals surface area contributed by atoms with Crippen LogP contribution in [0.3, 0.4) is 0 Å². The second-order valence-electron chi connectivity index (χ2n) is 5.04. The monoisotopic (exact) mass is 325 g/mol.